The molecule has 0 saturated carbocycles. The average molecular weight is 217 g/mol. The van der Waals surface area contributed by atoms with Gasteiger partial charge in [0.25, 0.3) is 0 Å². The molecule has 0 aromatic carbocycles. The lowest BCUT2D eigenvalue weighted by Crippen LogP contribution is -2.15. The molecular formula is C9H13ClN2S. The summed E-state index contributed by atoms with van der Waals surface area (Å²) in [5.74, 6) is 0.967. The second-order valence-electron chi connectivity index (χ2n) is 2.90. The van der Waals surface area contributed by atoms with Gasteiger partial charge >= 0.3 is 0 Å². The molecule has 72 valence electrons. The normalized spacial score (nSPS) is 12.8. The van der Waals surface area contributed by atoms with Crippen molar-refractivity contribution >= 4 is 23.4 Å². The molecule has 0 saturated heterocycles. The molecule has 2 nitrogen and oxygen atoms in total. The minimum atomic E-state index is 0.245. The monoisotopic (exact) mass is 216 g/mol. The molecule has 0 aliphatic rings. The topological polar surface area (TPSA) is 38.9 Å². The van der Waals surface area contributed by atoms with Gasteiger partial charge in [-0.3, -0.25) is 0 Å². The van der Waals surface area contributed by atoms with Crippen molar-refractivity contribution in [2.75, 3.05) is 5.75 Å². The van der Waals surface area contributed by atoms with Crippen LogP contribution in [0.4, 0.5) is 0 Å². The Morgan fingerprint density at radius 1 is 1.69 bits per heavy atom. The van der Waals surface area contributed by atoms with Gasteiger partial charge in [-0.25, -0.2) is 4.98 Å². The first-order chi connectivity index (χ1) is 6.20. The second-order valence-corrected chi connectivity index (χ2v) is 4.40. The van der Waals surface area contributed by atoms with Gasteiger partial charge in [0.05, 0.1) is 5.02 Å². The largest absolute Gasteiger partial charge is 0.328 e. The van der Waals surface area contributed by atoms with E-state index in [0.717, 1.165) is 22.2 Å². The van der Waals surface area contributed by atoms with Crippen molar-refractivity contribution in [1.82, 2.24) is 4.98 Å². The third kappa shape index (κ3) is 3.98. The van der Waals surface area contributed by atoms with Gasteiger partial charge in [-0.05, 0) is 25.5 Å². The van der Waals surface area contributed by atoms with E-state index in [1.54, 1.807) is 18.0 Å². The maximum absolute atomic E-state index is 5.92. The number of hydrogen-bond donors (Lipinski definition) is 1. The van der Waals surface area contributed by atoms with Crippen molar-refractivity contribution in [2.45, 2.75) is 24.4 Å². The first-order valence-electron chi connectivity index (χ1n) is 4.19. The van der Waals surface area contributed by atoms with Crippen LogP contribution in [0.3, 0.4) is 0 Å². The lowest BCUT2D eigenvalue weighted by atomic mass is 10.3. The fourth-order valence-corrected chi connectivity index (χ4v) is 2.13. The molecular weight excluding hydrogens is 204 g/mol. The van der Waals surface area contributed by atoms with E-state index in [4.69, 9.17) is 17.3 Å². The molecule has 2 N–H and O–H groups in total. The van der Waals surface area contributed by atoms with Crippen LogP contribution < -0.4 is 5.73 Å². The van der Waals surface area contributed by atoms with Crippen LogP contribution in [0.5, 0.6) is 0 Å². The smallest absolute Gasteiger partial charge is 0.115 e. The zero-order valence-corrected chi connectivity index (χ0v) is 9.11. The van der Waals surface area contributed by atoms with Crippen molar-refractivity contribution < 1.29 is 0 Å². The summed E-state index contributed by atoms with van der Waals surface area (Å²) in [7, 11) is 0. The Bertz CT molecular complexity index is 266. The molecule has 1 unspecified atom stereocenters. The predicted molar refractivity (Wildman–Crippen MR) is 58.2 cm³/mol. The Balaban J connectivity index is 2.41. The maximum Gasteiger partial charge on any atom is 0.115 e. The summed E-state index contributed by atoms with van der Waals surface area (Å²) in [6.45, 7) is 2.00. The van der Waals surface area contributed by atoms with E-state index in [2.05, 4.69) is 4.98 Å². The van der Waals surface area contributed by atoms with Gasteiger partial charge in [-0.2, -0.15) is 0 Å². The fourth-order valence-electron chi connectivity index (χ4n) is 0.819. The molecule has 0 bridgehead atoms. The van der Waals surface area contributed by atoms with Gasteiger partial charge in [-0.1, -0.05) is 11.6 Å². The molecule has 0 amide bonds. The van der Waals surface area contributed by atoms with Crippen molar-refractivity contribution in [3.05, 3.63) is 23.4 Å². The van der Waals surface area contributed by atoms with Crippen LogP contribution in [0.1, 0.15) is 13.3 Å². The minimum Gasteiger partial charge on any atom is -0.328 e. The highest BCUT2D eigenvalue weighted by Gasteiger charge is 2.01. The van der Waals surface area contributed by atoms with E-state index in [-0.39, 0.29) is 6.04 Å². The fraction of sp³-hybridized carbons (Fsp3) is 0.444. The lowest BCUT2D eigenvalue weighted by molar-refractivity contribution is 0.721. The molecule has 1 rings (SSSR count). The molecule has 0 fully saturated rings. The maximum atomic E-state index is 5.92. The van der Waals surface area contributed by atoms with Crippen molar-refractivity contribution in [3.8, 4) is 0 Å². The van der Waals surface area contributed by atoms with Crippen LogP contribution in [0.2, 0.25) is 5.02 Å². The van der Waals surface area contributed by atoms with Crippen molar-refractivity contribution in [3.63, 3.8) is 0 Å². The van der Waals surface area contributed by atoms with Gasteiger partial charge in [-0.15, -0.1) is 11.8 Å². The molecule has 13 heavy (non-hydrogen) atoms. The summed E-state index contributed by atoms with van der Waals surface area (Å²) in [5.41, 5.74) is 5.63. The lowest BCUT2D eigenvalue weighted by Gasteiger charge is -2.04. The highest BCUT2D eigenvalue weighted by atomic mass is 35.5. The zero-order valence-electron chi connectivity index (χ0n) is 7.53. The molecule has 0 aliphatic carbocycles. The summed E-state index contributed by atoms with van der Waals surface area (Å²) < 4.78 is 0. The van der Waals surface area contributed by atoms with Crippen molar-refractivity contribution in [2.24, 2.45) is 5.73 Å². The van der Waals surface area contributed by atoms with Gasteiger partial charge in [0, 0.05) is 18.0 Å². The summed E-state index contributed by atoms with van der Waals surface area (Å²) in [5, 5.41) is 1.61. The van der Waals surface area contributed by atoms with Gasteiger partial charge in [0.1, 0.15) is 5.03 Å². The molecule has 0 radical (unpaired) electrons. The van der Waals surface area contributed by atoms with E-state index in [1.807, 2.05) is 19.1 Å². The van der Waals surface area contributed by atoms with Crippen LogP contribution in [-0.2, 0) is 0 Å². The number of nitrogens with two attached hydrogens (primary N) is 1. The number of hydrogen-bond acceptors (Lipinski definition) is 3. The van der Waals surface area contributed by atoms with E-state index in [1.165, 1.54) is 0 Å². The number of pyridine rings is 1. The Morgan fingerprint density at radius 3 is 3.08 bits per heavy atom. The SMILES string of the molecule is CC(N)CCSc1ncccc1Cl. The highest BCUT2D eigenvalue weighted by Crippen LogP contribution is 2.24. The second kappa shape index (κ2) is 5.47. The first kappa shape index (κ1) is 10.8. The first-order valence-corrected chi connectivity index (χ1v) is 5.55. The zero-order chi connectivity index (χ0) is 9.68. The molecule has 0 aliphatic heterocycles. The standard InChI is InChI=1S/C9H13ClN2S/c1-7(11)4-6-13-9-8(10)3-2-5-12-9/h2-3,5,7H,4,6,11H2,1H3. The van der Waals surface area contributed by atoms with E-state index < -0.39 is 0 Å². The summed E-state index contributed by atoms with van der Waals surface area (Å²) >= 11 is 7.58. The Labute approximate surface area is 87.9 Å². The molecule has 1 aromatic heterocycles. The Hall–Kier alpha value is -0.250. The Morgan fingerprint density at radius 2 is 2.46 bits per heavy atom. The molecule has 1 heterocycles. The van der Waals surface area contributed by atoms with Crippen LogP contribution >= 0.6 is 23.4 Å². The van der Waals surface area contributed by atoms with Crippen molar-refractivity contribution in [1.29, 1.82) is 0 Å². The van der Waals surface area contributed by atoms with Crippen LogP contribution in [-0.4, -0.2) is 16.8 Å². The number of nitrogens with zero attached hydrogens (tertiary/aromatic N) is 1. The highest BCUT2D eigenvalue weighted by molar-refractivity contribution is 7.99. The number of rotatable bonds is 4. The summed E-state index contributed by atoms with van der Waals surface area (Å²) in [6, 6.07) is 3.93. The number of thioether (sulfide) groups is 1. The van der Waals surface area contributed by atoms with Crippen LogP contribution in [0.25, 0.3) is 0 Å². The van der Waals surface area contributed by atoms with Gasteiger partial charge in [0.15, 0.2) is 0 Å². The molecule has 1 aromatic rings. The minimum absolute atomic E-state index is 0.245. The molecule has 1 atom stereocenters. The molecule has 0 spiro atoms. The van der Waals surface area contributed by atoms with E-state index in [0.29, 0.717) is 0 Å². The third-order valence-corrected chi connectivity index (χ3v) is 2.99. The van der Waals surface area contributed by atoms with Gasteiger partial charge < -0.3 is 5.73 Å². The molecule has 4 heteroatoms. The summed E-state index contributed by atoms with van der Waals surface area (Å²) in [4.78, 5) is 4.17. The van der Waals surface area contributed by atoms with Crippen LogP contribution in [0, 0.1) is 0 Å². The number of aromatic nitrogens is 1. The van der Waals surface area contributed by atoms with E-state index >= 15 is 0 Å². The third-order valence-electron chi connectivity index (χ3n) is 1.54. The van der Waals surface area contributed by atoms with E-state index in [9.17, 15) is 0 Å². The summed E-state index contributed by atoms with van der Waals surface area (Å²) in [6.07, 6.45) is 2.73. The quantitative estimate of drug-likeness (QED) is 0.787. The van der Waals surface area contributed by atoms with Gasteiger partial charge in [0.2, 0.25) is 0 Å². The average Bonchev–Trinajstić information content (AvgIpc) is 2.08. The predicted octanol–water partition coefficient (Wildman–Crippen LogP) is 2.56. The van der Waals surface area contributed by atoms with Crippen LogP contribution in [0.15, 0.2) is 23.4 Å². The Kier molecular flexibility index (Phi) is 4.56. The number of halogens is 1.